The number of amides is 1. The largest absolute Gasteiger partial charge is 0.319 e. The van der Waals surface area contributed by atoms with Gasteiger partial charge in [0.25, 0.3) is 15.9 Å². The molecule has 0 aliphatic heterocycles. The third-order valence-corrected chi connectivity index (χ3v) is 6.22. The quantitative estimate of drug-likeness (QED) is 0.602. The fourth-order valence-electron chi connectivity index (χ4n) is 2.67. The summed E-state index contributed by atoms with van der Waals surface area (Å²) in [6.45, 7) is 1.87. The second-order valence-electron chi connectivity index (χ2n) is 6.51. The lowest BCUT2D eigenvalue weighted by atomic mass is 10.2. The molecule has 0 aromatic heterocycles. The summed E-state index contributed by atoms with van der Waals surface area (Å²) in [5, 5.41) is 2.11. The van der Waals surface area contributed by atoms with Crippen LogP contribution < -0.4 is 9.62 Å². The summed E-state index contributed by atoms with van der Waals surface area (Å²) < 4.78 is 67.1. The zero-order valence-electron chi connectivity index (χ0n) is 16.0. The first-order valence-electron chi connectivity index (χ1n) is 8.72. The van der Waals surface area contributed by atoms with Crippen molar-refractivity contribution in [1.29, 1.82) is 0 Å². The van der Waals surface area contributed by atoms with Crippen LogP contribution in [-0.4, -0.2) is 21.4 Å². The molecular weight excluding hydrogens is 417 g/mol. The molecule has 1 N–H and O–H groups in total. The standard InChI is InChI=1S/C21H17F3N2O3S/c1-13-6-8-15(9-7-13)26(2)30(28,29)16-5-3-4-14(12-16)21(27)25-18-11-10-17(22)19(23)20(18)24/h3-12H,1-2H3,(H,25,27). The number of rotatable bonds is 5. The molecule has 0 spiro atoms. The minimum atomic E-state index is -3.98. The number of hydrogen-bond donors (Lipinski definition) is 1. The van der Waals surface area contributed by atoms with E-state index in [0.717, 1.165) is 22.0 Å². The van der Waals surface area contributed by atoms with E-state index in [1.54, 1.807) is 24.3 Å². The number of hydrogen-bond acceptors (Lipinski definition) is 3. The Labute approximate surface area is 171 Å². The van der Waals surface area contributed by atoms with Crippen LogP contribution in [0.4, 0.5) is 24.5 Å². The maximum absolute atomic E-state index is 13.8. The van der Waals surface area contributed by atoms with Crippen molar-refractivity contribution < 1.29 is 26.4 Å². The summed E-state index contributed by atoms with van der Waals surface area (Å²) >= 11 is 0. The molecule has 3 rings (SSSR count). The van der Waals surface area contributed by atoms with Crippen molar-refractivity contribution in [3.8, 4) is 0 Å². The average molecular weight is 434 g/mol. The van der Waals surface area contributed by atoms with Gasteiger partial charge in [-0.25, -0.2) is 21.6 Å². The van der Waals surface area contributed by atoms with Crippen LogP contribution in [0.1, 0.15) is 15.9 Å². The van der Waals surface area contributed by atoms with Crippen molar-refractivity contribution in [3.05, 3.63) is 89.2 Å². The van der Waals surface area contributed by atoms with E-state index in [1.165, 1.54) is 25.2 Å². The maximum atomic E-state index is 13.8. The molecule has 3 aromatic carbocycles. The summed E-state index contributed by atoms with van der Waals surface area (Å²) in [5.74, 6) is -5.54. The molecular formula is C21H17F3N2O3S. The molecule has 0 fully saturated rings. The molecule has 0 radical (unpaired) electrons. The molecule has 0 saturated carbocycles. The van der Waals surface area contributed by atoms with Crippen LogP contribution in [0.3, 0.4) is 0 Å². The first-order valence-corrected chi connectivity index (χ1v) is 10.2. The minimum absolute atomic E-state index is 0.0995. The number of sulfonamides is 1. The second-order valence-corrected chi connectivity index (χ2v) is 8.48. The number of carbonyl (C=O) groups excluding carboxylic acids is 1. The summed E-state index contributed by atoms with van der Waals surface area (Å²) in [6.07, 6.45) is 0. The highest BCUT2D eigenvalue weighted by atomic mass is 32.2. The van der Waals surface area contributed by atoms with Crippen molar-refractivity contribution in [3.63, 3.8) is 0 Å². The molecule has 0 unspecified atom stereocenters. The Morgan fingerprint density at radius 1 is 0.933 bits per heavy atom. The topological polar surface area (TPSA) is 66.5 Å². The van der Waals surface area contributed by atoms with Crippen molar-refractivity contribution in [2.24, 2.45) is 0 Å². The Bertz CT molecular complexity index is 1210. The predicted molar refractivity (Wildman–Crippen MR) is 107 cm³/mol. The molecule has 0 aliphatic carbocycles. The van der Waals surface area contributed by atoms with Crippen LogP contribution >= 0.6 is 0 Å². The monoisotopic (exact) mass is 434 g/mol. The molecule has 9 heteroatoms. The SMILES string of the molecule is Cc1ccc(N(C)S(=O)(=O)c2cccc(C(=O)Nc3ccc(F)c(F)c3F)c2)cc1. The lowest BCUT2D eigenvalue weighted by molar-refractivity contribution is 0.102. The molecule has 5 nitrogen and oxygen atoms in total. The van der Waals surface area contributed by atoms with Crippen LogP contribution in [0, 0.1) is 24.4 Å². The number of aryl methyl sites for hydroxylation is 1. The zero-order chi connectivity index (χ0) is 22.1. The van der Waals surface area contributed by atoms with E-state index in [9.17, 15) is 26.4 Å². The number of anilines is 2. The van der Waals surface area contributed by atoms with Crippen molar-refractivity contribution in [2.45, 2.75) is 11.8 Å². The van der Waals surface area contributed by atoms with E-state index in [-0.39, 0.29) is 10.5 Å². The third kappa shape index (κ3) is 4.16. The van der Waals surface area contributed by atoms with Gasteiger partial charge in [0.15, 0.2) is 17.5 Å². The Morgan fingerprint density at radius 3 is 2.27 bits per heavy atom. The Balaban J connectivity index is 1.89. The summed E-state index contributed by atoms with van der Waals surface area (Å²) in [6, 6.07) is 13.5. The molecule has 1 amide bonds. The Morgan fingerprint density at radius 2 is 1.60 bits per heavy atom. The molecule has 0 aliphatic rings. The van der Waals surface area contributed by atoms with Gasteiger partial charge in [-0.1, -0.05) is 23.8 Å². The van der Waals surface area contributed by atoms with Gasteiger partial charge in [-0.15, -0.1) is 0 Å². The molecule has 3 aromatic rings. The third-order valence-electron chi connectivity index (χ3n) is 4.44. The highest BCUT2D eigenvalue weighted by Crippen LogP contribution is 2.24. The molecule has 30 heavy (non-hydrogen) atoms. The molecule has 0 saturated heterocycles. The van der Waals surface area contributed by atoms with E-state index in [4.69, 9.17) is 0 Å². The number of carbonyl (C=O) groups is 1. The highest BCUT2D eigenvalue weighted by Gasteiger charge is 2.23. The minimum Gasteiger partial charge on any atom is -0.319 e. The van der Waals surface area contributed by atoms with Gasteiger partial charge in [0, 0.05) is 12.6 Å². The number of halogens is 3. The van der Waals surface area contributed by atoms with Crippen LogP contribution in [0.15, 0.2) is 65.6 Å². The summed E-state index contributed by atoms with van der Waals surface area (Å²) in [4.78, 5) is 12.3. The fourth-order valence-corrected chi connectivity index (χ4v) is 3.91. The predicted octanol–water partition coefficient (Wildman–Crippen LogP) is 4.49. The summed E-state index contributed by atoms with van der Waals surface area (Å²) in [5.41, 5.74) is 0.730. The van der Waals surface area contributed by atoms with Crippen molar-refractivity contribution in [2.75, 3.05) is 16.7 Å². The van der Waals surface area contributed by atoms with E-state index < -0.39 is 39.1 Å². The van der Waals surface area contributed by atoms with Gasteiger partial charge in [0.2, 0.25) is 0 Å². The highest BCUT2D eigenvalue weighted by molar-refractivity contribution is 7.92. The first-order chi connectivity index (χ1) is 14.1. The Kier molecular flexibility index (Phi) is 5.84. The molecule has 0 heterocycles. The normalized spacial score (nSPS) is 11.2. The lowest BCUT2D eigenvalue weighted by Gasteiger charge is -2.20. The van der Waals surface area contributed by atoms with Crippen LogP contribution in [0.5, 0.6) is 0 Å². The van der Waals surface area contributed by atoms with Crippen molar-refractivity contribution >= 4 is 27.3 Å². The van der Waals surface area contributed by atoms with Crippen LogP contribution in [0.25, 0.3) is 0 Å². The van der Waals surface area contributed by atoms with Gasteiger partial charge in [-0.05, 0) is 49.4 Å². The first kappa shape index (κ1) is 21.4. The van der Waals surface area contributed by atoms with Gasteiger partial charge in [0.1, 0.15) is 0 Å². The van der Waals surface area contributed by atoms with E-state index >= 15 is 0 Å². The second kappa shape index (κ2) is 8.19. The fraction of sp³-hybridized carbons (Fsp3) is 0.0952. The van der Waals surface area contributed by atoms with Crippen LogP contribution in [-0.2, 0) is 10.0 Å². The Hall–Kier alpha value is -3.33. The molecule has 0 bridgehead atoms. The van der Waals surface area contributed by atoms with Gasteiger partial charge < -0.3 is 5.32 Å². The molecule has 0 atom stereocenters. The lowest BCUT2D eigenvalue weighted by Crippen LogP contribution is -2.27. The van der Waals surface area contributed by atoms with Crippen molar-refractivity contribution in [1.82, 2.24) is 0 Å². The van der Waals surface area contributed by atoms with Gasteiger partial charge in [-0.3, -0.25) is 9.10 Å². The van der Waals surface area contributed by atoms with Gasteiger partial charge in [-0.2, -0.15) is 0 Å². The van der Waals surface area contributed by atoms with E-state index in [1.807, 2.05) is 6.92 Å². The number of nitrogens with zero attached hydrogens (tertiary/aromatic N) is 1. The number of nitrogens with one attached hydrogen (secondary N) is 1. The maximum Gasteiger partial charge on any atom is 0.264 e. The smallest absolute Gasteiger partial charge is 0.264 e. The van der Waals surface area contributed by atoms with E-state index in [0.29, 0.717) is 11.8 Å². The van der Waals surface area contributed by atoms with Gasteiger partial charge in [0.05, 0.1) is 16.3 Å². The number of benzene rings is 3. The van der Waals surface area contributed by atoms with Crippen LogP contribution in [0.2, 0.25) is 0 Å². The van der Waals surface area contributed by atoms with E-state index in [2.05, 4.69) is 5.32 Å². The zero-order valence-corrected chi connectivity index (χ0v) is 16.8. The average Bonchev–Trinajstić information content (AvgIpc) is 2.74. The molecule has 156 valence electrons. The van der Waals surface area contributed by atoms with Gasteiger partial charge >= 0.3 is 0 Å². The summed E-state index contributed by atoms with van der Waals surface area (Å²) in [7, 11) is -2.61.